The molecule has 1 amide bonds. The van der Waals surface area contributed by atoms with E-state index >= 15 is 0 Å². The van der Waals surface area contributed by atoms with Crippen molar-refractivity contribution in [3.05, 3.63) is 41.6 Å². The van der Waals surface area contributed by atoms with Crippen molar-refractivity contribution in [3.8, 4) is 0 Å². The number of hydrogen-bond donors (Lipinski definition) is 1. The second kappa shape index (κ2) is 7.00. The number of anilines is 3. The van der Waals surface area contributed by atoms with E-state index in [0.29, 0.717) is 0 Å². The molecule has 0 spiro atoms. The predicted molar refractivity (Wildman–Crippen MR) is 92.1 cm³/mol. The lowest BCUT2D eigenvalue weighted by atomic mass is 10.2. The molecule has 1 aliphatic heterocycles. The zero-order valence-electron chi connectivity index (χ0n) is 14.1. The van der Waals surface area contributed by atoms with E-state index in [4.69, 9.17) is 0 Å². The number of amides is 1. The molecule has 0 aliphatic carbocycles. The number of carbonyl (C=O) groups excluding carboxylic acids is 1. The molecule has 0 saturated carbocycles. The molecule has 0 bridgehead atoms. The number of carbonyl (C=O) groups is 1. The van der Waals surface area contributed by atoms with Crippen molar-refractivity contribution in [1.29, 1.82) is 0 Å². The standard InChI is InChI=1S/C17H19F2N5O/c1-23(2)16-12(18)9-11(10-13(16)19)20-17(25)14-5-6-15(22-21-14)24-7-3-4-8-24/h5-6,9-10H,3-4,7-8H2,1-2H3,(H,20,25). The van der Waals surface area contributed by atoms with Gasteiger partial charge in [-0.15, -0.1) is 10.2 Å². The summed E-state index contributed by atoms with van der Waals surface area (Å²) in [4.78, 5) is 15.6. The van der Waals surface area contributed by atoms with Crippen LogP contribution < -0.4 is 15.1 Å². The highest BCUT2D eigenvalue weighted by Gasteiger charge is 2.17. The van der Waals surface area contributed by atoms with Gasteiger partial charge in [0.05, 0.1) is 0 Å². The molecule has 25 heavy (non-hydrogen) atoms. The van der Waals surface area contributed by atoms with Crippen LogP contribution in [0.1, 0.15) is 23.3 Å². The fourth-order valence-corrected chi connectivity index (χ4v) is 2.82. The largest absolute Gasteiger partial charge is 0.373 e. The minimum absolute atomic E-state index is 0.0241. The van der Waals surface area contributed by atoms with E-state index in [2.05, 4.69) is 20.4 Å². The zero-order valence-corrected chi connectivity index (χ0v) is 14.1. The smallest absolute Gasteiger partial charge is 0.276 e. The van der Waals surface area contributed by atoms with E-state index in [0.717, 1.165) is 43.9 Å². The molecule has 0 unspecified atom stereocenters. The van der Waals surface area contributed by atoms with Crippen molar-refractivity contribution in [2.45, 2.75) is 12.8 Å². The molecular weight excluding hydrogens is 328 g/mol. The first-order valence-electron chi connectivity index (χ1n) is 8.02. The predicted octanol–water partition coefficient (Wildman–Crippen LogP) is 2.67. The molecule has 6 nitrogen and oxygen atoms in total. The lowest BCUT2D eigenvalue weighted by Gasteiger charge is -2.16. The molecule has 0 radical (unpaired) electrons. The lowest BCUT2D eigenvalue weighted by molar-refractivity contribution is 0.102. The fraction of sp³-hybridized carbons (Fsp3) is 0.353. The number of aromatic nitrogens is 2. The Bertz CT molecular complexity index is 750. The molecule has 1 N–H and O–H groups in total. The highest BCUT2D eigenvalue weighted by molar-refractivity contribution is 6.02. The fourth-order valence-electron chi connectivity index (χ4n) is 2.82. The topological polar surface area (TPSA) is 61.4 Å². The van der Waals surface area contributed by atoms with Gasteiger partial charge < -0.3 is 15.1 Å². The van der Waals surface area contributed by atoms with Gasteiger partial charge in [0, 0.05) is 32.9 Å². The molecule has 0 atom stereocenters. The van der Waals surface area contributed by atoms with Gasteiger partial charge in [0.2, 0.25) is 0 Å². The Morgan fingerprint density at radius 3 is 2.28 bits per heavy atom. The summed E-state index contributed by atoms with van der Waals surface area (Å²) in [6, 6.07) is 5.42. The van der Waals surface area contributed by atoms with E-state index < -0.39 is 17.5 Å². The minimum Gasteiger partial charge on any atom is -0.373 e. The number of hydrogen-bond acceptors (Lipinski definition) is 5. The Morgan fingerprint density at radius 2 is 1.76 bits per heavy atom. The van der Waals surface area contributed by atoms with E-state index in [1.165, 1.54) is 19.0 Å². The molecule has 2 heterocycles. The molecule has 1 aliphatic rings. The third kappa shape index (κ3) is 3.67. The number of nitrogens with one attached hydrogen (secondary N) is 1. The first-order chi connectivity index (χ1) is 12.0. The second-order valence-corrected chi connectivity index (χ2v) is 6.11. The van der Waals surface area contributed by atoms with Crippen LogP contribution in [0, 0.1) is 11.6 Å². The number of halogens is 2. The van der Waals surface area contributed by atoms with Gasteiger partial charge in [0.1, 0.15) is 5.69 Å². The van der Waals surface area contributed by atoms with Gasteiger partial charge in [-0.05, 0) is 37.1 Å². The molecule has 8 heteroatoms. The summed E-state index contributed by atoms with van der Waals surface area (Å²) in [6.45, 7) is 1.86. The van der Waals surface area contributed by atoms with E-state index in [9.17, 15) is 13.6 Å². The molecule has 1 fully saturated rings. The molecule has 2 aromatic rings. The van der Waals surface area contributed by atoms with E-state index in [1.54, 1.807) is 12.1 Å². The van der Waals surface area contributed by atoms with Gasteiger partial charge >= 0.3 is 0 Å². The average molecular weight is 347 g/mol. The zero-order chi connectivity index (χ0) is 18.0. The van der Waals surface area contributed by atoms with Crippen molar-refractivity contribution >= 4 is 23.1 Å². The van der Waals surface area contributed by atoms with Crippen LogP contribution in [0.25, 0.3) is 0 Å². The van der Waals surface area contributed by atoms with Crippen LogP contribution in [-0.4, -0.2) is 43.3 Å². The van der Waals surface area contributed by atoms with Crippen molar-refractivity contribution in [2.75, 3.05) is 42.3 Å². The third-order valence-corrected chi connectivity index (χ3v) is 4.04. The third-order valence-electron chi connectivity index (χ3n) is 4.04. The maximum atomic E-state index is 14.0. The van der Waals surface area contributed by atoms with Crippen molar-refractivity contribution < 1.29 is 13.6 Å². The first kappa shape index (κ1) is 17.1. The van der Waals surface area contributed by atoms with Gasteiger partial charge in [-0.1, -0.05) is 0 Å². The molecule has 1 aromatic carbocycles. The average Bonchev–Trinajstić information content (AvgIpc) is 3.08. The summed E-state index contributed by atoms with van der Waals surface area (Å²) in [5.74, 6) is -1.36. The maximum Gasteiger partial charge on any atom is 0.276 e. The number of benzene rings is 1. The summed E-state index contributed by atoms with van der Waals surface area (Å²) in [7, 11) is 3.08. The van der Waals surface area contributed by atoms with Gasteiger partial charge in [0.25, 0.3) is 5.91 Å². The van der Waals surface area contributed by atoms with Gasteiger partial charge in [0.15, 0.2) is 23.1 Å². The van der Waals surface area contributed by atoms with Gasteiger partial charge in [-0.25, -0.2) is 8.78 Å². The van der Waals surface area contributed by atoms with Crippen molar-refractivity contribution in [1.82, 2.24) is 10.2 Å². The Balaban J connectivity index is 1.73. The Kier molecular flexibility index (Phi) is 4.78. The first-order valence-corrected chi connectivity index (χ1v) is 8.02. The van der Waals surface area contributed by atoms with Crippen LogP contribution in [0.5, 0.6) is 0 Å². The number of nitrogens with zero attached hydrogens (tertiary/aromatic N) is 4. The Hall–Kier alpha value is -2.77. The summed E-state index contributed by atoms with van der Waals surface area (Å²) in [5.41, 5.74) is -0.0516. The van der Waals surface area contributed by atoms with Crippen LogP contribution in [0.4, 0.5) is 26.0 Å². The summed E-state index contributed by atoms with van der Waals surface area (Å²) in [6.07, 6.45) is 2.23. The Morgan fingerprint density at radius 1 is 1.12 bits per heavy atom. The van der Waals surface area contributed by atoms with Gasteiger partial charge in [-0.3, -0.25) is 4.79 Å². The maximum absolute atomic E-state index is 14.0. The van der Waals surface area contributed by atoms with Crippen LogP contribution in [-0.2, 0) is 0 Å². The summed E-state index contributed by atoms with van der Waals surface area (Å²) >= 11 is 0. The Labute approximate surface area is 144 Å². The van der Waals surface area contributed by atoms with Crippen LogP contribution in [0.3, 0.4) is 0 Å². The van der Waals surface area contributed by atoms with Crippen LogP contribution in [0.2, 0.25) is 0 Å². The van der Waals surface area contributed by atoms with Crippen molar-refractivity contribution in [2.24, 2.45) is 0 Å². The highest BCUT2D eigenvalue weighted by Crippen LogP contribution is 2.26. The second-order valence-electron chi connectivity index (χ2n) is 6.11. The molecule has 3 rings (SSSR count). The molecule has 1 saturated heterocycles. The summed E-state index contributed by atoms with van der Waals surface area (Å²) in [5, 5.41) is 10.4. The van der Waals surface area contributed by atoms with Crippen LogP contribution >= 0.6 is 0 Å². The van der Waals surface area contributed by atoms with Crippen molar-refractivity contribution in [3.63, 3.8) is 0 Å². The number of rotatable bonds is 4. The highest BCUT2D eigenvalue weighted by atomic mass is 19.1. The summed E-state index contributed by atoms with van der Waals surface area (Å²) < 4.78 is 27.9. The molecular formula is C17H19F2N5O. The van der Waals surface area contributed by atoms with Gasteiger partial charge in [-0.2, -0.15) is 0 Å². The monoisotopic (exact) mass is 347 g/mol. The molecule has 1 aromatic heterocycles. The molecule has 132 valence electrons. The SMILES string of the molecule is CN(C)c1c(F)cc(NC(=O)c2ccc(N3CCCC3)nn2)cc1F. The lowest BCUT2D eigenvalue weighted by Crippen LogP contribution is -2.21. The normalized spacial score (nSPS) is 13.8. The quantitative estimate of drug-likeness (QED) is 0.921. The van der Waals surface area contributed by atoms with E-state index in [-0.39, 0.29) is 17.1 Å². The van der Waals surface area contributed by atoms with E-state index in [1.807, 2.05) is 0 Å². The van der Waals surface area contributed by atoms with Crippen LogP contribution in [0.15, 0.2) is 24.3 Å². The minimum atomic E-state index is -0.754.